The second-order valence-corrected chi connectivity index (χ2v) is 5.21. The Kier molecular flexibility index (Phi) is 3.47. The molecule has 1 aliphatic carbocycles. The van der Waals surface area contributed by atoms with Gasteiger partial charge in [0.15, 0.2) is 5.76 Å². The summed E-state index contributed by atoms with van der Waals surface area (Å²) >= 11 is 0. The van der Waals surface area contributed by atoms with Gasteiger partial charge in [-0.1, -0.05) is 0 Å². The molecule has 0 spiro atoms. The number of aryl methyl sites for hydroxylation is 1. The van der Waals surface area contributed by atoms with E-state index in [9.17, 15) is 9.59 Å². The Morgan fingerprint density at radius 1 is 1.48 bits per heavy atom. The molecule has 1 aliphatic rings. The van der Waals surface area contributed by atoms with Crippen LogP contribution >= 0.6 is 0 Å². The van der Waals surface area contributed by atoms with Gasteiger partial charge in [0.1, 0.15) is 6.54 Å². The molecule has 21 heavy (non-hydrogen) atoms. The van der Waals surface area contributed by atoms with Gasteiger partial charge in [0.2, 0.25) is 5.91 Å². The third-order valence-corrected chi connectivity index (χ3v) is 3.09. The Morgan fingerprint density at radius 3 is 2.95 bits per heavy atom. The second kappa shape index (κ2) is 5.43. The molecule has 3 rings (SSSR count). The van der Waals surface area contributed by atoms with E-state index in [0.717, 1.165) is 18.4 Å². The average Bonchev–Trinajstić information content (AvgIpc) is 2.95. The molecule has 2 N–H and O–H groups in total. The molecule has 2 aromatic rings. The zero-order chi connectivity index (χ0) is 14.8. The minimum absolute atomic E-state index is 0.0693. The van der Waals surface area contributed by atoms with Crippen molar-refractivity contribution in [2.24, 2.45) is 0 Å². The first-order chi connectivity index (χ1) is 10.1. The van der Waals surface area contributed by atoms with Crippen LogP contribution in [0.5, 0.6) is 0 Å². The second-order valence-electron chi connectivity index (χ2n) is 5.21. The highest BCUT2D eigenvalue weighted by Gasteiger charge is 2.23. The van der Waals surface area contributed by atoms with Crippen molar-refractivity contribution in [1.82, 2.24) is 15.1 Å². The molecule has 0 aliphatic heterocycles. The van der Waals surface area contributed by atoms with Crippen molar-refractivity contribution in [1.29, 1.82) is 0 Å². The van der Waals surface area contributed by atoms with Gasteiger partial charge in [-0.15, -0.1) is 0 Å². The van der Waals surface area contributed by atoms with Crippen molar-refractivity contribution < 1.29 is 14.0 Å². The number of nitrogens with one attached hydrogen (secondary N) is 2. The Balaban J connectivity index is 1.56. The molecule has 0 aromatic carbocycles. The van der Waals surface area contributed by atoms with Gasteiger partial charge in [-0.2, -0.15) is 5.10 Å². The predicted octanol–water partition coefficient (Wildman–Crippen LogP) is 1.32. The van der Waals surface area contributed by atoms with Crippen molar-refractivity contribution in [3.05, 3.63) is 36.0 Å². The number of nitrogens with zero attached hydrogens (tertiary/aromatic N) is 2. The van der Waals surface area contributed by atoms with Crippen LogP contribution < -0.4 is 10.6 Å². The van der Waals surface area contributed by atoms with Gasteiger partial charge in [-0.05, 0) is 31.4 Å². The largest absolute Gasteiger partial charge is 0.459 e. The molecule has 110 valence electrons. The highest BCUT2D eigenvalue weighted by Crippen LogP contribution is 2.18. The Bertz CT molecular complexity index is 669. The molecular weight excluding hydrogens is 272 g/mol. The Morgan fingerprint density at radius 2 is 2.29 bits per heavy atom. The first-order valence-corrected chi connectivity index (χ1v) is 6.78. The van der Waals surface area contributed by atoms with E-state index in [2.05, 4.69) is 15.7 Å². The van der Waals surface area contributed by atoms with E-state index in [4.69, 9.17) is 4.42 Å². The van der Waals surface area contributed by atoms with Crippen LogP contribution in [0.3, 0.4) is 0 Å². The van der Waals surface area contributed by atoms with Gasteiger partial charge >= 0.3 is 0 Å². The minimum Gasteiger partial charge on any atom is -0.459 e. The Labute approximate surface area is 121 Å². The molecule has 0 atom stereocenters. The van der Waals surface area contributed by atoms with Gasteiger partial charge in [-0.3, -0.25) is 14.3 Å². The summed E-state index contributed by atoms with van der Waals surface area (Å²) in [5.41, 5.74) is 1.40. The lowest BCUT2D eigenvalue weighted by Crippen LogP contribution is -2.29. The first kappa shape index (κ1) is 13.4. The van der Waals surface area contributed by atoms with Crippen LogP contribution in [-0.2, 0) is 11.3 Å². The quantitative estimate of drug-likeness (QED) is 0.868. The lowest BCUT2D eigenvalue weighted by Gasteiger charge is -2.02. The standard InChI is InChI=1S/C14H16N4O3/c1-9-4-12(21-8-9)14(20)17-11-5-15-18(6-11)7-13(19)16-10-2-3-10/h4-6,8,10H,2-3,7H2,1H3,(H,16,19)(H,17,20). The number of aromatic nitrogens is 2. The number of amides is 2. The minimum atomic E-state index is -0.343. The van der Waals surface area contributed by atoms with Crippen molar-refractivity contribution in [2.45, 2.75) is 32.4 Å². The summed E-state index contributed by atoms with van der Waals surface area (Å²) < 4.78 is 6.60. The van der Waals surface area contributed by atoms with Crippen LogP contribution in [0.2, 0.25) is 0 Å². The van der Waals surface area contributed by atoms with Crippen molar-refractivity contribution in [3.63, 3.8) is 0 Å². The average molecular weight is 288 g/mol. The molecular formula is C14H16N4O3. The van der Waals surface area contributed by atoms with E-state index >= 15 is 0 Å². The first-order valence-electron chi connectivity index (χ1n) is 6.78. The number of hydrogen-bond acceptors (Lipinski definition) is 4. The molecule has 0 saturated heterocycles. The van der Waals surface area contributed by atoms with E-state index < -0.39 is 0 Å². The molecule has 7 heteroatoms. The fraction of sp³-hybridized carbons (Fsp3) is 0.357. The van der Waals surface area contributed by atoms with Crippen LogP contribution in [0.25, 0.3) is 0 Å². The van der Waals surface area contributed by atoms with Crippen LogP contribution in [0.4, 0.5) is 5.69 Å². The molecule has 0 unspecified atom stereocenters. The lowest BCUT2D eigenvalue weighted by molar-refractivity contribution is -0.122. The van der Waals surface area contributed by atoms with E-state index in [1.807, 2.05) is 6.92 Å². The smallest absolute Gasteiger partial charge is 0.291 e. The number of carbonyl (C=O) groups excluding carboxylic acids is 2. The summed E-state index contributed by atoms with van der Waals surface area (Å²) in [4.78, 5) is 23.5. The zero-order valence-electron chi connectivity index (χ0n) is 11.6. The van der Waals surface area contributed by atoms with Crippen LogP contribution in [0.15, 0.2) is 29.1 Å². The molecule has 2 heterocycles. The maximum absolute atomic E-state index is 11.9. The normalized spacial score (nSPS) is 14.0. The number of rotatable bonds is 5. The summed E-state index contributed by atoms with van der Waals surface area (Å²) in [5, 5.41) is 9.60. The van der Waals surface area contributed by atoms with Gasteiger partial charge in [0.25, 0.3) is 5.91 Å². The third kappa shape index (κ3) is 3.50. The molecule has 0 bridgehead atoms. The summed E-state index contributed by atoms with van der Waals surface area (Å²) in [6, 6.07) is 1.98. The van der Waals surface area contributed by atoms with Crippen molar-refractivity contribution in [2.75, 3.05) is 5.32 Å². The van der Waals surface area contributed by atoms with Crippen molar-refractivity contribution >= 4 is 17.5 Å². The molecule has 7 nitrogen and oxygen atoms in total. The monoisotopic (exact) mass is 288 g/mol. The SMILES string of the molecule is Cc1coc(C(=O)Nc2cnn(CC(=O)NC3CC3)c2)c1. The summed E-state index contributed by atoms with van der Waals surface area (Å²) in [7, 11) is 0. The Hall–Kier alpha value is -2.57. The van der Waals surface area contributed by atoms with Crippen LogP contribution in [-0.4, -0.2) is 27.6 Å². The van der Waals surface area contributed by atoms with E-state index in [1.54, 1.807) is 12.3 Å². The molecule has 0 radical (unpaired) electrons. The highest BCUT2D eigenvalue weighted by molar-refractivity contribution is 6.02. The van der Waals surface area contributed by atoms with Crippen LogP contribution in [0, 0.1) is 6.92 Å². The fourth-order valence-corrected chi connectivity index (χ4v) is 1.91. The molecule has 1 saturated carbocycles. The summed E-state index contributed by atoms with van der Waals surface area (Å²) in [6.45, 7) is 1.99. The molecule has 1 fully saturated rings. The number of carbonyl (C=O) groups is 2. The summed E-state index contributed by atoms with van der Waals surface area (Å²) in [5.74, 6) is -0.169. The lowest BCUT2D eigenvalue weighted by atomic mass is 10.3. The fourth-order valence-electron chi connectivity index (χ4n) is 1.91. The van der Waals surface area contributed by atoms with Crippen LogP contribution in [0.1, 0.15) is 29.0 Å². The van der Waals surface area contributed by atoms with E-state index in [1.165, 1.54) is 17.1 Å². The third-order valence-electron chi connectivity index (χ3n) is 3.09. The van der Waals surface area contributed by atoms with Crippen molar-refractivity contribution in [3.8, 4) is 0 Å². The predicted molar refractivity (Wildman–Crippen MR) is 74.8 cm³/mol. The maximum Gasteiger partial charge on any atom is 0.291 e. The van der Waals surface area contributed by atoms with Gasteiger partial charge < -0.3 is 15.1 Å². The summed E-state index contributed by atoms with van der Waals surface area (Å²) in [6.07, 6.45) is 6.72. The topological polar surface area (TPSA) is 89.2 Å². The molecule has 2 amide bonds. The highest BCUT2D eigenvalue weighted by atomic mass is 16.3. The number of anilines is 1. The van der Waals surface area contributed by atoms with Gasteiger partial charge in [0.05, 0.1) is 18.1 Å². The number of hydrogen-bond donors (Lipinski definition) is 2. The number of furan rings is 1. The molecule has 2 aromatic heterocycles. The zero-order valence-corrected chi connectivity index (χ0v) is 11.6. The van der Waals surface area contributed by atoms with Gasteiger partial charge in [-0.25, -0.2) is 0 Å². The van der Waals surface area contributed by atoms with Gasteiger partial charge in [0, 0.05) is 12.2 Å². The van der Waals surface area contributed by atoms with E-state index in [-0.39, 0.29) is 24.1 Å². The van der Waals surface area contributed by atoms with E-state index in [0.29, 0.717) is 11.7 Å². The maximum atomic E-state index is 11.9.